The molecule has 3 aliphatic rings. The predicted octanol–water partition coefficient (Wildman–Crippen LogP) is 3.29. The van der Waals surface area contributed by atoms with Crippen LogP contribution < -0.4 is 10.1 Å². The van der Waals surface area contributed by atoms with E-state index in [-0.39, 0.29) is 35.9 Å². The van der Waals surface area contributed by atoms with Crippen molar-refractivity contribution in [1.29, 1.82) is 0 Å². The van der Waals surface area contributed by atoms with Crippen LogP contribution >= 0.6 is 0 Å². The van der Waals surface area contributed by atoms with Crippen LogP contribution in [0, 0.1) is 12.8 Å². The van der Waals surface area contributed by atoms with Gasteiger partial charge in [-0.1, -0.05) is 12.8 Å². The molecule has 3 heterocycles. The number of rotatable bonds is 6. The molecule has 0 spiro atoms. The van der Waals surface area contributed by atoms with Crippen LogP contribution in [-0.2, 0) is 26.2 Å². The number of aryl methyl sites for hydroxylation is 1. The molecule has 2 amide bonds. The lowest BCUT2D eigenvalue weighted by molar-refractivity contribution is -0.140. The van der Waals surface area contributed by atoms with Crippen molar-refractivity contribution < 1.29 is 27.2 Å². The molecular weight excluding hydrogens is 470 g/mol. The molecule has 188 valence electrons. The molecule has 1 unspecified atom stereocenters. The first-order valence-corrected chi connectivity index (χ1v) is 13.7. The largest absolute Gasteiger partial charge is 0.482 e. The van der Waals surface area contributed by atoms with E-state index in [0.717, 1.165) is 31.4 Å². The number of benzene rings is 1. The number of amides is 2. The summed E-state index contributed by atoms with van der Waals surface area (Å²) in [6.07, 6.45) is 7.00. The fourth-order valence-corrected chi connectivity index (χ4v) is 7.15. The van der Waals surface area contributed by atoms with E-state index in [1.807, 2.05) is 17.0 Å². The predicted molar refractivity (Wildman–Crippen MR) is 128 cm³/mol. The molecule has 35 heavy (non-hydrogen) atoms. The molecule has 2 aromatic rings. The molecule has 2 fully saturated rings. The van der Waals surface area contributed by atoms with Crippen LogP contribution in [0.25, 0.3) is 0 Å². The molecule has 9 nitrogen and oxygen atoms in total. The number of sulfonamides is 1. The van der Waals surface area contributed by atoms with Gasteiger partial charge in [-0.15, -0.1) is 0 Å². The van der Waals surface area contributed by atoms with Crippen LogP contribution in [0.15, 0.2) is 39.8 Å². The zero-order valence-electron chi connectivity index (χ0n) is 19.9. The Morgan fingerprint density at radius 2 is 2.00 bits per heavy atom. The Labute approximate surface area is 205 Å². The third-order valence-corrected chi connectivity index (χ3v) is 9.22. The molecule has 1 aliphatic carbocycles. The van der Waals surface area contributed by atoms with Crippen molar-refractivity contribution in [2.45, 2.75) is 62.9 Å². The highest BCUT2D eigenvalue weighted by Gasteiger charge is 2.38. The van der Waals surface area contributed by atoms with Gasteiger partial charge in [0, 0.05) is 25.2 Å². The molecule has 1 saturated carbocycles. The SMILES string of the molecule is Cc1cc2c(cc1S(=O)(=O)N1CCCC(C(=O)N(Cc3ccco3)C3CCCC3)C1)OCC(=O)N2. The van der Waals surface area contributed by atoms with Crippen LogP contribution in [-0.4, -0.2) is 55.2 Å². The summed E-state index contributed by atoms with van der Waals surface area (Å²) in [5.74, 6) is 0.404. The summed E-state index contributed by atoms with van der Waals surface area (Å²) in [7, 11) is -3.85. The fourth-order valence-electron chi connectivity index (χ4n) is 5.40. The first-order chi connectivity index (χ1) is 16.8. The number of fused-ring (bicyclic) bond motifs is 1. The first kappa shape index (κ1) is 23.9. The molecule has 2 aliphatic heterocycles. The third-order valence-electron chi connectivity index (χ3n) is 7.22. The maximum absolute atomic E-state index is 13.7. The van der Waals surface area contributed by atoms with E-state index in [9.17, 15) is 18.0 Å². The Balaban J connectivity index is 1.37. The molecule has 1 aromatic heterocycles. The van der Waals surface area contributed by atoms with Crippen LogP contribution in [0.1, 0.15) is 49.8 Å². The van der Waals surface area contributed by atoms with Crippen molar-refractivity contribution in [3.05, 3.63) is 41.9 Å². The quantitative estimate of drug-likeness (QED) is 0.651. The number of hydrogen-bond donors (Lipinski definition) is 1. The van der Waals surface area contributed by atoms with E-state index < -0.39 is 15.9 Å². The summed E-state index contributed by atoms with van der Waals surface area (Å²) in [6.45, 7) is 2.47. The summed E-state index contributed by atoms with van der Waals surface area (Å²) in [5.41, 5.74) is 0.989. The second-order valence-electron chi connectivity index (χ2n) is 9.64. The summed E-state index contributed by atoms with van der Waals surface area (Å²) in [5, 5.41) is 2.71. The monoisotopic (exact) mass is 501 g/mol. The Morgan fingerprint density at radius 1 is 1.20 bits per heavy atom. The van der Waals surface area contributed by atoms with E-state index in [1.165, 1.54) is 10.4 Å². The number of furan rings is 1. The Hall–Kier alpha value is -2.85. The van der Waals surface area contributed by atoms with Gasteiger partial charge >= 0.3 is 0 Å². The first-order valence-electron chi connectivity index (χ1n) is 12.2. The minimum Gasteiger partial charge on any atom is -0.482 e. The molecule has 10 heteroatoms. The standard InChI is InChI=1S/C25H31N3O6S/c1-17-12-21-22(34-16-24(29)26-21)13-23(17)35(31,32)27-10-4-6-18(14-27)25(30)28(19-7-2-3-8-19)15-20-9-5-11-33-20/h5,9,11-13,18-19H,2-4,6-8,10,14-16H2,1H3,(H,26,29). The van der Waals surface area contributed by atoms with E-state index in [0.29, 0.717) is 42.9 Å². The lowest BCUT2D eigenvalue weighted by Crippen LogP contribution is -2.48. The molecule has 1 N–H and O–H groups in total. The number of carbonyl (C=O) groups is 2. The van der Waals surface area contributed by atoms with Gasteiger partial charge < -0.3 is 19.4 Å². The van der Waals surface area contributed by atoms with E-state index in [4.69, 9.17) is 9.15 Å². The van der Waals surface area contributed by atoms with Crippen molar-refractivity contribution in [2.24, 2.45) is 5.92 Å². The van der Waals surface area contributed by atoms with Gasteiger partial charge in [0.15, 0.2) is 6.61 Å². The lowest BCUT2D eigenvalue weighted by Gasteiger charge is -2.36. The smallest absolute Gasteiger partial charge is 0.262 e. The summed E-state index contributed by atoms with van der Waals surface area (Å²) < 4.78 is 39.7. The average Bonchev–Trinajstić information content (AvgIpc) is 3.56. The van der Waals surface area contributed by atoms with Crippen LogP contribution in [0.4, 0.5) is 5.69 Å². The number of piperidine rings is 1. The maximum atomic E-state index is 13.7. The van der Waals surface area contributed by atoms with E-state index in [2.05, 4.69) is 5.32 Å². The number of ether oxygens (including phenoxy) is 1. The van der Waals surface area contributed by atoms with Gasteiger partial charge in [-0.3, -0.25) is 9.59 Å². The minimum absolute atomic E-state index is 0.00130. The average molecular weight is 502 g/mol. The maximum Gasteiger partial charge on any atom is 0.262 e. The highest BCUT2D eigenvalue weighted by molar-refractivity contribution is 7.89. The van der Waals surface area contributed by atoms with Crippen LogP contribution in [0.3, 0.4) is 0 Å². The molecule has 1 aromatic carbocycles. The minimum atomic E-state index is -3.85. The molecule has 0 radical (unpaired) electrons. The van der Waals surface area contributed by atoms with Gasteiger partial charge in [-0.05, 0) is 56.4 Å². The van der Waals surface area contributed by atoms with Gasteiger partial charge in [0.1, 0.15) is 11.5 Å². The zero-order valence-corrected chi connectivity index (χ0v) is 20.7. The molecule has 0 bridgehead atoms. The fraction of sp³-hybridized carbons (Fsp3) is 0.520. The third kappa shape index (κ3) is 4.81. The summed E-state index contributed by atoms with van der Waals surface area (Å²) in [6, 6.07) is 6.95. The van der Waals surface area contributed by atoms with Gasteiger partial charge in [0.2, 0.25) is 15.9 Å². The van der Waals surface area contributed by atoms with Crippen molar-refractivity contribution in [1.82, 2.24) is 9.21 Å². The second-order valence-corrected chi connectivity index (χ2v) is 11.5. The zero-order chi connectivity index (χ0) is 24.6. The van der Waals surface area contributed by atoms with Crippen LogP contribution in [0.5, 0.6) is 5.75 Å². The van der Waals surface area contributed by atoms with Crippen LogP contribution in [0.2, 0.25) is 0 Å². The normalized spacial score (nSPS) is 21.3. The molecule has 1 atom stereocenters. The summed E-state index contributed by atoms with van der Waals surface area (Å²) >= 11 is 0. The second kappa shape index (κ2) is 9.66. The highest BCUT2D eigenvalue weighted by atomic mass is 32.2. The van der Waals surface area contributed by atoms with Crippen molar-refractivity contribution in [3.63, 3.8) is 0 Å². The van der Waals surface area contributed by atoms with E-state index >= 15 is 0 Å². The Kier molecular flexibility index (Phi) is 6.59. The molecule has 5 rings (SSSR count). The molecular formula is C25H31N3O6S. The molecule has 1 saturated heterocycles. The summed E-state index contributed by atoms with van der Waals surface area (Å²) in [4.78, 5) is 27.4. The highest BCUT2D eigenvalue weighted by Crippen LogP contribution is 2.36. The van der Waals surface area contributed by atoms with Gasteiger partial charge in [-0.2, -0.15) is 4.31 Å². The van der Waals surface area contributed by atoms with Crippen molar-refractivity contribution in [3.8, 4) is 5.75 Å². The number of nitrogens with one attached hydrogen (secondary N) is 1. The topological polar surface area (TPSA) is 109 Å². The van der Waals surface area contributed by atoms with E-state index in [1.54, 1.807) is 19.3 Å². The van der Waals surface area contributed by atoms with Crippen molar-refractivity contribution >= 4 is 27.5 Å². The van der Waals surface area contributed by atoms with Gasteiger partial charge in [-0.25, -0.2) is 8.42 Å². The lowest BCUT2D eigenvalue weighted by atomic mass is 9.97. The number of hydrogen-bond acceptors (Lipinski definition) is 6. The number of nitrogens with zero attached hydrogens (tertiary/aromatic N) is 2. The number of carbonyl (C=O) groups excluding carboxylic acids is 2. The number of anilines is 1. The van der Waals surface area contributed by atoms with Gasteiger partial charge in [0.25, 0.3) is 5.91 Å². The Morgan fingerprint density at radius 3 is 2.74 bits per heavy atom. The Bertz CT molecular complexity index is 1200. The van der Waals surface area contributed by atoms with Crippen molar-refractivity contribution in [2.75, 3.05) is 25.0 Å². The van der Waals surface area contributed by atoms with Gasteiger partial charge in [0.05, 0.1) is 29.3 Å².